The van der Waals surface area contributed by atoms with E-state index >= 15 is 0 Å². The Kier molecular flexibility index (Phi) is 9.06. The van der Waals surface area contributed by atoms with Crippen LogP contribution in [-0.2, 0) is 4.74 Å². The summed E-state index contributed by atoms with van der Waals surface area (Å²) < 4.78 is 5.22. The number of nitrogens with one attached hydrogen (secondary N) is 1. The molecule has 0 aromatic rings. The zero-order chi connectivity index (χ0) is 11.7. The highest BCUT2D eigenvalue weighted by Gasteiger charge is 2.10. The number of likely N-dealkylation sites (N-methyl/N-ethyl adjacent to an activating group) is 1. The van der Waals surface area contributed by atoms with Gasteiger partial charge in [-0.05, 0) is 27.4 Å². The highest BCUT2D eigenvalue weighted by molar-refractivity contribution is 4.70. The van der Waals surface area contributed by atoms with Crippen molar-refractivity contribution >= 4 is 0 Å². The Morgan fingerprint density at radius 1 is 1.33 bits per heavy atom. The van der Waals surface area contributed by atoms with Gasteiger partial charge in [-0.2, -0.15) is 0 Å². The van der Waals surface area contributed by atoms with Crippen LogP contribution in [-0.4, -0.2) is 51.3 Å². The van der Waals surface area contributed by atoms with E-state index in [2.05, 4.69) is 38.2 Å². The van der Waals surface area contributed by atoms with Gasteiger partial charge in [0.2, 0.25) is 0 Å². The summed E-state index contributed by atoms with van der Waals surface area (Å²) in [6, 6.07) is 1.09. The van der Waals surface area contributed by atoms with Gasteiger partial charge in [-0.3, -0.25) is 0 Å². The van der Waals surface area contributed by atoms with E-state index in [1.165, 1.54) is 19.3 Å². The van der Waals surface area contributed by atoms with Crippen LogP contribution >= 0.6 is 0 Å². The molecule has 3 nitrogen and oxygen atoms in total. The Labute approximate surface area is 95.2 Å². The van der Waals surface area contributed by atoms with Crippen LogP contribution in [0.25, 0.3) is 0 Å². The number of hydrogen-bond donors (Lipinski definition) is 1. The molecule has 1 N–H and O–H groups in total. The van der Waals surface area contributed by atoms with Gasteiger partial charge in [-0.15, -0.1) is 0 Å². The van der Waals surface area contributed by atoms with Gasteiger partial charge in [0.25, 0.3) is 0 Å². The normalized spacial score (nSPS) is 15.6. The fraction of sp³-hybridized carbons (Fsp3) is 1.00. The minimum Gasteiger partial charge on any atom is -0.383 e. The maximum Gasteiger partial charge on any atom is 0.0615 e. The fourth-order valence-corrected chi connectivity index (χ4v) is 1.42. The van der Waals surface area contributed by atoms with Crippen molar-refractivity contribution in [2.45, 2.75) is 45.2 Å². The van der Waals surface area contributed by atoms with E-state index < -0.39 is 0 Å². The number of hydrogen-bond acceptors (Lipinski definition) is 3. The van der Waals surface area contributed by atoms with Gasteiger partial charge in [0, 0.05) is 25.7 Å². The van der Waals surface area contributed by atoms with E-state index in [0.29, 0.717) is 12.1 Å². The van der Waals surface area contributed by atoms with Crippen LogP contribution in [0.5, 0.6) is 0 Å². The molecule has 0 amide bonds. The summed E-state index contributed by atoms with van der Waals surface area (Å²) in [4.78, 5) is 2.23. The molecule has 2 unspecified atom stereocenters. The third-order valence-corrected chi connectivity index (χ3v) is 2.86. The van der Waals surface area contributed by atoms with Crippen LogP contribution in [0.1, 0.15) is 33.1 Å². The molecule has 0 aromatic carbocycles. The Bertz CT molecular complexity index is 140. The maximum atomic E-state index is 5.22. The largest absolute Gasteiger partial charge is 0.383 e. The molecular weight excluding hydrogens is 188 g/mol. The third kappa shape index (κ3) is 7.77. The van der Waals surface area contributed by atoms with Crippen LogP contribution in [0.3, 0.4) is 0 Å². The first-order chi connectivity index (χ1) is 7.11. The average Bonchev–Trinajstić information content (AvgIpc) is 2.21. The van der Waals surface area contributed by atoms with Crippen molar-refractivity contribution in [3.63, 3.8) is 0 Å². The molecule has 0 saturated heterocycles. The van der Waals surface area contributed by atoms with Crippen molar-refractivity contribution in [2.75, 3.05) is 34.4 Å². The molecule has 92 valence electrons. The number of unbranched alkanes of at least 4 members (excludes halogenated alkanes) is 1. The van der Waals surface area contributed by atoms with Crippen molar-refractivity contribution in [3.8, 4) is 0 Å². The number of rotatable bonds is 9. The molecule has 0 aliphatic heterocycles. The monoisotopic (exact) mass is 216 g/mol. The first-order valence-corrected chi connectivity index (χ1v) is 6.00. The summed E-state index contributed by atoms with van der Waals surface area (Å²) in [6.07, 6.45) is 3.74. The Morgan fingerprint density at radius 2 is 2.00 bits per heavy atom. The molecule has 0 aromatic heterocycles. The maximum absolute atomic E-state index is 5.22. The van der Waals surface area contributed by atoms with Crippen molar-refractivity contribution in [1.29, 1.82) is 0 Å². The van der Waals surface area contributed by atoms with Gasteiger partial charge in [-0.25, -0.2) is 0 Å². The topological polar surface area (TPSA) is 24.5 Å². The van der Waals surface area contributed by atoms with Gasteiger partial charge < -0.3 is 15.0 Å². The van der Waals surface area contributed by atoms with E-state index in [-0.39, 0.29) is 0 Å². The minimum absolute atomic E-state index is 0.511. The SMILES string of the molecule is CCCCC(COC)NCC(C)N(C)C. The van der Waals surface area contributed by atoms with Crippen molar-refractivity contribution < 1.29 is 4.74 Å². The fourth-order valence-electron chi connectivity index (χ4n) is 1.42. The molecule has 0 heterocycles. The second-order valence-corrected chi connectivity index (χ2v) is 4.52. The van der Waals surface area contributed by atoms with Gasteiger partial charge in [0.1, 0.15) is 0 Å². The van der Waals surface area contributed by atoms with Crippen LogP contribution < -0.4 is 5.32 Å². The van der Waals surface area contributed by atoms with E-state index in [0.717, 1.165) is 13.2 Å². The molecule has 0 bridgehead atoms. The van der Waals surface area contributed by atoms with Crippen LogP contribution in [0.15, 0.2) is 0 Å². The molecule has 15 heavy (non-hydrogen) atoms. The van der Waals surface area contributed by atoms with E-state index in [1.54, 1.807) is 7.11 Å². The predicted octanol–water partition coefficient (Wildman–Crippen LogP) is 1.73. The highest BCUT2D eigenvalue weighted by atomic mass is 16.5. The standard InChI is InChI=1S/C12H28N2O/c1-6-7-8-12(10-15-5)13-9-11(2)14(3)4/h11-13H,6-10H2,1-5H3. The molecule has 3 heteroatoms. The van der Waals surface area contributed by atoms with E-state index in [9.17, 15) is 0 Å². The second-order valence-electron chi connectivity index (χ2n) is 4.52. The predicted molar refractivity (Wildman–Crippen MR) is 66.3 cm³/mol. The van der Waals surface area contributed by atoms with E-state index in [4.69, 9.17) is 4.74 Å². The molecule has 0 fully saturated rings. The molecule has 0 saturated carbocycles. The lowest BCUT2D eigenvalue weighted by atomic mass is 10.1. The first-order valence-electron chi connectivity index (χ1n) is 6.00. The minimum atomic E-state index is 0.511. The van der Waals surface area contributed by atoms with Crippen LogP contribution in [0.2, 0.25) is 0 Å². The molecule has 0 aliphatic carbocycles. The number of ether oxygens (including phenoxy) is 1. The lowest BCUT2D eigenvalue weighted by molar-refractivity contribution is 0.156. The van der Waals surface area contributed by atoms with Crippen molar-refractivity contribution in [3.05, 3.63) is 0 Å². The quantitative estimate of drug-likeness (QED) is 0.635. The summed E-state index contributed by atoms with van der Waals surface area (Å²) in [7, 11) is 6.00. The highest BCUT2D eigenvalue weighted by Crippen LogP contribution is 2.01. The van der Waals surface area contributed by atoms with Gasteiger partial charge in [0.05, 0.1) is 6.61 Å². The average molecular weight is 216 g/mol. The van der Waals surface area contributed by atoms with Crippen molar-refractivity contribution in [2.24, 2.45) is 0 Å². The van der Waals surface area contributed by atoms with E-state index in [1.807, 2.05) is 0 Å². The van der Waals surface area contributed by atoms with Crippen molar-refractivity contribution in [1.82, 2.24) is 10.2 Å². The molecule has 2 atom stereocenters. The van der Waals surface area contributed by atoms with Gasteiger partial charge in [0.15, 0.2) is 0 Å². The number of nitrogens with zero attached hydrogens (tertiary/aromatic N) is 1. The smallest absolute Gasteiger partial charge is 0.0615 e. The third-order valence-electron chi connectivity index (χ3n) is 2.86. The Hall–Kier alpha value is -0.120. The summed E-state index contributed by atoms with van der Waals surface area (Å²) in [5, 5.41) is 3.57. The van der Waals surface area contributed by atoms with Crippen LogP contribution in [0, 0.1) is 0 Å². The molecule has 0 aliphatic rings. The molecule has 0 radical (unpaired) electrons. The zero-order valence-electron chi connectivity index (χ0n) is 11.0. The zero-order valence-corrected chi connectivity index (χ0v) is 11.0. The lowest BCUT2D eigenvalue weighted by Crippen LogP contribution is -2.42. The van der Waals surface area contributed by atoms with Gasteiger partial charge >= 0.3 is 0 Å². The Balaban J connectivity index is 3.73. The second kappa shape index (κ2) is 9.13. The molecular formula is C12H28N2O. The molecule has 0 rings (SSSR count). The lowest BCUT2D eigenvalue weighted by Gasteiger charge is -2.24. The summed E-state index contributed by atoms with van der Waals surface area (Å²) in [5.41, 5.74) is 0. The number of methoxy groups -OCH3 is 1. The first kappa shape index (κ1) is 14.9. The van der Waals surface area contributed by atoms with Gasteiger partial charge in [-0.1, -0.05) is 19.8 Å². The summed E-state index contributed by atoms with van der Waals surface area (Å²) in [6.45, 7) is 6.31. The summed E-state index contributed by atoms with van der Waals surface area (Å²) in [5.74, 6) is 0. The molecule has 0 spiro atoms. The Morgan fingerprint density at radius 3 is 2.47 bits per heavy atom. The summed E-state index contributed by atoms with van der Waals surface area (Å²) >= 11 is 0. The van der Waals surface area contributed by atoms with Crippen LogP contribution in [0.4, 0.5) is 0 Å².